The molecule has 1 aliphatic rings. The first kappa shape index (κ1) is 18.6. The average molecular weight is 389 g/mol. The van der Waals surface area contributed by atoms with Crippen LogP contribution in [0.25, 0.3) is 11.1 Å². The SMILES string of the molecule is C=CC(=O)N1Cc2sc(C)cc2[C@@H](c2ccccc2-c2cccnc2CC)C1. The van der Waals surface area contributed by atoms with Crippen LogP contribution in [0.2, 0.25) is 0 Å². The first-order valence-corrected chi connectivity index (χ1v) is 10.5. The van der Waals surface area contributed by atoms with Gasteiger partial charge in [0.2, 0.25) is 5.91 Å². The van der Waals surface area contributed by atoms with E-state index in [9.17, 15) is 4.79 Å². The van der Waals surface area contributed by atoms with E-state index in [0.29, 0.717) is 13.1 Å². The number of amides is 1. The molecule has 1 amide bonds. The Bertz CT molecular complexity index is 1040. The summed E-state index contributed by atoms with van der Waals surface area (Å²) < 4.78 is 0. The molecule has 0 N–H and O–H groups in total. The van der Waals surface area contributed by atoms with E-state index in [2.05, 4.69) is 61.8 Å². The summed E-state index contributed by atoms with van der Waals surface area (Å²) in [5.41, 5.74) is 6.10. The molecule has 0 fully saturated rings. The van der Waals surface area contributed by atoms with Gasteiger partial charge in [-0.1, -0.05) is 43.8 Å². The zero-order chi connectivity index (χ0) is 19.7. The first-order chi connectivity index (χ1) is 13.6. The van der Waals surface area contributed by atoms with Crippen molar-refractivity contribution in [3.8, 4) is 11.1 Å². The highest BCUT2D eigenvalue weighted by Crippen LogP contribution is 2.42. The van der Waals surface area contributed by atoms with E-state index in [0.717, 1.165) is 12.1 Å². The van der Waals surface area contributed by atoms with Crippen LogP contribution in [0.15, 0.2) is 61.3 Å². The summed E-state index contributed by atoms with van der Waals surface area (Å²) in [5, 5.41) is 0. The topological polar surface area (TPSA) is 33.2 Å². The van der Waals surface area contributed by atoms with Gasteiger partial charge in [-0.3, -0.25) is 9.78 Å². The fourth-order valence-corrected chi connectivity index (χ4v) is 5.25. The Labute approximate surface area is 170 Å². The molecule has 3 aromatic rings. The number of thiophene rings is 1. The summed E-state index contributed by atoms with van der Waals surface area (Å²) in [6, 6.07) is 15.0. The number of fused-ring (bicyclic) bond motifs is 1. The fourth-order valence-electron chi connectivity index (χ4n) is 4.13. The first-order valence-electron chi connectivity index (χ1n) is 9.66. The second-order valence-corrected chi connectivity index (χ2v) is 8.49. The average Bonchev–Trinajstić information content (AvgIpc) is 3.12. The number of hydrogen-bond acceptors (Lipinski definition) is 3. The van der Waals surface area contributed by atoms with Gasteiger partial charge in [0.1, 0.15) is 0 Å². The Morgan fingerprint density at radius 3 is 2.82 bits per heavy atom. The molecule has 1 aromatic carbocycles. The van der Waals surface area contributed by atoms with Crippen LogP contribution in [0.3, 0.4) is 0 Å². The maximum absolute atomic E-state index is 12.4. The molecule has 4 heteroatoms. The number of aromatic nitrogens is 1. The van der Waals surface area contributed by atoms with Crippen molar-refractivity contribution in [3.63, 3.8) is 0 Å². The molecule has 3 nitrogen and oxygen atoms in total. The van der Waals surface area contributed by atoms with Crippen molar-refractivity contribution < 1.29 is 4.79 Å². The van der Waals surface area contributed by atoms with Crippen LogP contribution in [0, 0.1) is 6.92 Å². The highest BCUT2D eigenvalue weighted by Gasteiger charge is 2.31. The normalized spacial score (nSPS) is 15.9. The zero-order valence-corrected chi connectivity index (χ0v) is 17.1. The molecule has 28 heavy (non-hydrogen) atoms. The Hall–Kier alpha value is -2.72. The zero-order valence-electron chi connectivity index (χ0n) is 16.3. The van der Waals surface area contributed by atoms with Crippen LogP contribution in [-0.4, -0.2) is 22.3 Å². The van der Waals surface area contributed by atoms with Gasteiger partial charge in [-0.15, -0.1) is 11.3 Å². The lowest BCUT2D eigenvalue weighted by Crippen LogP contribution is -2.37. The maximum Gasteiger partial charge on any atom is 0.246 e. The van der Waals surface area contributed by atoms with Crippen molar-refractivity contribution in [2.24, 2.45) is 0 Å². The number of pyridine rings is 1. The third-order valence-corrected chi connectivity index (χ3v) is 6.47. The van der Waals surface area contributed by atoms with Crippen molar-refractivity contribution >= 4 is 17.2 Å². The van der Waals surface area contributed by atoms with E-state index in [-0.39, 0.29) is 11.8 Å². The molecular weight excluding hydrogens is 364 g/mol. The largest absolute Gasteiger partial charge is 0.333 e. The third-order valence-electron chi connectivity index (χ3n) is 5.42. The van der Waals surface area contributed by atoms with E-state index in [4.69, 9.17) is 0 Å². The van der Waals surface area contributed by atoms with Gasteiger partial charge in [0.15, 0.2) is 0 Å². The Morgan fingerprint density at radius 2 is 2.04 bits per heavy atom. The molecule has 0 unspecified atom stereocenters. The lowest BCUT2D eigenvalue weighted by atomic mass is 9.83. The molecule has 3 heterocycles. The lowest BCUT2D eigenvalue weighted by Gasteiger charge is -2.33. The van der Waals surface area contributed by atoms with Gasteiger partial charge in [-0.05, 0) is 48.2 Å². The van der Waals surface area contributed by atoms with Gasteiger partial charge < -0.3 is 4.90 Å². The highest BCUT2D eigenvalue weighted by molar-refractivity contribution is 7.12. The molecule has 0 saturated carbocycles. The Balaban J connectivity index is 1.87. The van der Waals surface area contributed by atoms with Crippen molar-refractivity contribution in [1.82, 2.24) is 9.88 Å². The number of benzene rings is 1. The maximum atomic E-state index is 12.4. The summed E-state index contributed by atoms with van der Waals surface area (Å²) in [4.78, 5) is 21.5. The number of carbonyl (C=O) groups excluding carboxylic acids is 1. The fraction of sp³-hybridized carbons (Fsp3) is 0.250. The monoisotopic (exact) mass is 388 g/mol. The van der Waals surface area contributed by atoms with E-state index in [1.54, 1.807) is 11.3 Å². The molecule has 0 spiro atoms. The van der Waals surface area contributed by atoms with E-state index in [1.165, 1.54) is 38.1 Å². The summed E-state index contributed by atoms with van der Waals surface area (Å²) in [5.74, 6) is 0.147. The molecule has 4 rings (SSSR count). The number of nitrogens with zero attached hydrogens (tertiary/aromatic N) is 2. The molecule has 2 aromatic heterocycles. The van der Waals surface area contributed by atoms with E-state index >= 15 is 0 Å². The summed E-state index contributed by atoms with van der Waals surface area (Å²) >= 11 is 1.79. The highest BCUT2D eigenvalue weighted by atomic mass is 32.1. The van der Waals surface area contributed by atoms with Crippen molar-refractivity contribution in [1.29, 1.82) is 0 Å². The molecule has 1 aliphatic heterocycles. The van der Waals surface area contributed by atoms with Gasteiger partial charge in [0, 0.05) is 39.7 Å². The second-order valence-electron chi connectivity index (χ2n) is 7.15. The molecule has 142 valence electrons. The predicted octanol–water partition coefficient (Wildman–Crippen LogP) is 5.34. The lowest BCUT2D eigenvalue weighted by molar-refractivity contribution is -0.127. The number of carbonyl (C=O) groups is 1. The minimum Gasteiger partial charge on any atom is -0.333 e. The number of rotatable bonds is 4. The quantitative estimate of drug-likeness (QED) is 0.565. The minimum atomic E-state index is -0.00481. The van der Waals surface area contributed by atoms with E-state index in [1.807, 2.05) is 17.2 Å². The molecule has 0 aliphatic carbocycles. The molecular formula is C24H24N2OS. The van der Waals surface area contributed by atoms with Crippen molar-refractivity contribution in [3.05, 3.63) is 87.9 Å². The van der Waals surface area contributed by atoms with Gasteiger partial charge in [-0.2, -0.15) is 0 Å². The molecule has 1 atom stereocenters. The number of hydrogen-bond donors (Lipinski definition) is 0. The van der Waals surface area contributed by atoms with Crippen LogP contribution in [0.5, 0.6) is 0 Å². The second kappa shape index (κ2) is 7.72. The summed E-state index contributed by atoms with van der Waals surface area (Å²) in [7, 11) is 0. The van der Waals surface area contributed by atoms with Gasteiger partial charge in [-0.25, -0.2) is 0 Å². The molecule has 0 saturated heterocycles. The standard InChI is InChI=1S/C24H24N2OS/c1-4-22-19(11-8-12-25-22)17-9-6-7-10-18(17)21-14-26(24(27)5-2)15-23-20(21)13-16(3)28-23/h5-13,21H,2,4,14-15H2,1,3H3/t21-/m1/s1. The minimum absolute atomic E-state index is 0.00481. The smallest absolute Gasteiger partial charge is 0.246 e. The van der Waals surface area contributed by atoms with Crippen LogP contribution < -0.4 is 0 Å². The predicted molar refractivity (Wildman–Crippen MR) is 116 cm³/mol. The van der Waals surface area contributed by atoms with Crippen molar-refractivity contribution in [2.75, 3.05) is 6.54 Å². The third kappa shape index (κ3) is 3.29. The van der Waals surface area contributed by atoms with Crippen LogP contribution >= 0.6 is 11.3 Å². The Kier molecular flexibility index (Phi) is 5.14. The molecule has 0 bridgehead atoms. The van der Waals surface area contributed by atoms with Gasteiger partial charge in [0.25, 0.3) is 0 Å². The number of aryl methyl sites for hydroxylation is 2. The van der Waals surface area contributed by atoms with Crippen molar-refractivity contribution in [2.45, 2.75) is 32.7 Å². The van der Waals surface area contributed by atoms with Gasteiger partial charge in [0.05, 0.1) is 6.54 Å². The Morgan fingerprint density at radius 1 is 1.25 bits per heavy atom. The van der Waals surface area contributed by atoms with Gasteiger partial charge >= 0.3 is 0 Å². The van der Waals surface area contributed by atoms with Crippen LogP contribution in [0.1, 0.15) is 39.4 Å². The molecule has 0 radical (unpaired) electrons. The van der Waals surface area contributed by atoms with Crippen LogP contribution in [-0.2, 0) is 17.8 Å². The summed E-state index contributed by atoms with van der Waals surface area (Å²) in [6.07, 6.45) is 4.17. The summed E-state index contributed by atoms with van der Waals surface area (Å²) in [6.45, 7) is 9.31. The van der Waals surface area contributed by atoms with Crippen LogP contribution in [0.4, 0.5) is 0 Å². The van der Waals surface area contributed by atoms with E-state index < -0.39 is 0 Å².